The van der Waals surface area contributed by atoms with Crippen LogP contribution in [0.5, 0.6) is 0 Å². The number of fused-ring (bicyclic) bond motifs is 2. The van der Waals surface area contributed by atoms with Crippen LogP contribution >= 0.6 is 0 Å². The summed E-state index contributed by atoms with van der Waals surface area (Å²) >= 11 is 0. The molecule has 10 heteroatoms. The smallest absolute Gasteiger partial charge is 0.306 e. The third-order valence-corrected chi connectivity index (χ3v) is 6.65. The summed E-state index contributed by atoms with van der Waals surface area (Å²) in [5.74, 6) is 0.252. The van der Waals surface area contributed by atoms with Gasteiger partial charge in [-0.3, -0.25) is 9.89 Å². The summed E-state index contributed by atoms with van der Waals surface area (Å²) in [4.78, 5) is 24.1. The summed E-state index contributed by atoms with van der Waals surface area (Å²) in [5, 5.41) is 21.8. The maximum atomic E-state index is 11.4. The van der Waals surface area contributed by atoms with Crippen LogP contribution in [0.25, 0.3) is 38.9 Å². The summed E-state index contributed by atoms with van der Waals surface area (Å²) in [6.45, 7) is 0. The van der Waals surface area contributed by atoms with Gasteiger partial charge in [-0.1, -0.05) is 18.2 Å². The maximum Gasteiger partial charge on any atom is 0.306 e. The molecule has 6 rings (SSSR count). The van der Waals surface area contributed by atoms with Crippen molar-refractivity contribution < 1.29 is 9.90 Å². The minimum Gasteiger partial charge on any atom is -0.481 e. The standard InChI is InChI=1S/C23H22N8O2/c24-21-20-19(17-8-14-2-1-3-16(18(14)29-17)15-9-26-27-10-15)30-22(31(20)28-11-25-21)12-4-6-13(7-5-12)23(32)33/h1-3,8-13,29H,4-7H2,(H,26,27)(H,32,33)(H2,24,25,28)/t12-,13-. The van der Waals surface area contributed by atoms with Crippen LogP contribution in [0.4, 0.5) is 5.82 Å². The molecular formula is C23H22N8O2. The van der Waals surface area contributed by atoms with Gasteiger partial charge in [0.25, 0.3) is 0 Å². The highest BCUT2D eigenvalue weighted by Crippen LogP contribution is 2.39. The molecule has 1 saturated carbocycles. The lowest BCUT2D eigenvalue weighted by Gasteiger charge is -2.24. The summed E-state index contributed by atoms with van der Waals surface area (Å²) in [7, 11) is 0. The van der Waals surface area contributed by atoms with Gasteiger partial charge in [0.2, 0.25) is 0 Å². The van der Waals surface area contributed by atoms with E-state index in [0.717, 1.165) is 46.4 Å². The lowest BCUT2D eigenvalue weighted by molar-refractivity contribution is -0.142. The van der Waals surface area contributed by atoms with Crippen molar-refractivity contribution in [2.75, 3.05) is 5.73 Å². The molecule has 0 unspecified atom stereocenters. The van der Waals surface area contributed by atoms with Crippen LogP contribution in [0, 0.1) is 5.92 Å². The number of nitrogens with zero attached hydrogens (tertiary/aromatic N) is 5. The number of nitrogens with one attached hydrogen (secondary N) is 2. The van der Waals surface area contributed by atoms with Gasteiger partial charge >= 0.3 is 5.97 Å². The van der Waals surface area contributed by atoms with Crippen LogP contribution in [0.15, 0.2) is 43.0 Å². The molecule has 0 bridgehead atoms. The Hall–Kier alpha value is -4.21. The first-order valence-corrected chi connectivity index (χ1v) is 10.9. The summed E-state index contributed by atoms with van der Waals surface area (Å²) < 4.78 is 1.77. The zero-order valence-corrected chi connectivity index (χ0v) is 17.7. The number of carbonyl (C=O) groups is 1. The molecule has 0 saturated heterocycles. The van der Waals surface area contributed by atoms with Gasteiger partial charge in [-0.05, 0) is 31.7 Å². The third kappa shape index (κ3) is 3.13. The van der Waals surface area contributed by atoms with Crippen LogP contribution in [-0.2, 0) is 4.79 Å². The van der Waals surface area contributed by atoms with E-state index in [-0.39, 0.29) is 11.8 Å². The van der Waals surface area contributed by atoms with Gasteiger partial charge in [0.1, 0.15) is 23.4 Å². The van der Waals surface area contributed by atoms with Crippen LogP contribution in [0.2, 0.25) is 0 Å². The van der Waals surface area contributed by atoms with Crippen molar-refractivity contribution in [1.82, 2.24) is 34.8 Å². The number of aromatic nitrogens is 7. The van der Waals surface area contributed by atoms with E-state index in [4.69, 9.17) is 10.7 Å². The Morgan fingerprint density at radius 1 is 1.21 bits per heavy atom. The van der Waals surface area contributed by atoms with Crippen LogP contribution in [0.1, 0.15) is 37.4 Å². The number of H-pyrrole nitrogens is 2. The molecule has 0 spiro atoms. The largest absolute Gasteiger partial charge is 0.481 e. The first kappa shape index (κ1) is 19.5. The third-order valence-electron chi connectivity index (χ3n) is 6.65. The normalized spacial score (nSPS) is 18.8. The zero-order valence-electron chi connectivity index (χ0n) is 17.7. The number of aliphatic carboxylic acids is 1. The molecule has 1 fully saturated rings. The molecule has 5 N–H and O–H groups in total. The number of carboxylic acid groups (broad SMARTS) is 1. The molecule has 0 amide bonds. The van der Waals surface area contributed by atoms with Crippen molar-refractivity contribution >= 4 is 28.2 Å². The Morgan fingerprint density at radius 2 is 2.06 bits per heavy atom. The predicted octanol–water partition coefficient (Wildman–Crippen LogP) is 3.60. The Labute approximate surface area is 187 Å². The van der Waals surface area contributed by atoms with Crippen molar-refractivity contribution in [3.05, 3.63) is 48.8 Å². The van der Waals surface area contributed by atoms with Crippen molar-refractivity contribution in [2.24, 2.45) is 5.92 Å². The Kier molecular flexibility index (Phi) is 4.39. The fourth-order valence-corrected chi connectivity index (χ4v) is 4.95. The Balaban J connectivity index is 1.48. The number of hydrogen-bond acceptors (Lipinski definition) is 6. The molecule has 4 heterocycles. The van der Waals surface area contributed by atoms with E-state index in [2.05, 4.69) is 31.3 Å². The van der Waals surface area contributed by atoms with Gasteiger partial charge in [-0.15, -0.1) is 0 Å². The van der Waals surface area contributed by atoms with Gasteiger partial charge in [-0.25, -0.2) is 14.5 Å². The molecule has 0 aliphatic heterocycles. The second-order valence-electron chi connectivity index (χ2n) is 8.55. The molecule has 33 heavy (non-hydrogen) atoms. The van der Waals surface area contributed by atoms with Crippen LogP contribution in [0.3, 0.4) is 0 Å². The summed E-state index contributed by atoms with van der Waals surface area (Å²) in [6.07, 6.45) is 7.84. The first-order chi connectivity index (χ1) is 16.1. The van der Waals surface area contributed by atoms with E-state index in [0.29, 0.717) is 29.9 Å². The molecule has 0 atom stereocenters. The molecule has 10 nitrogen and oxygen atoms in total. The van der Waals surface area contributed by atoms with E-state index < -0.39 is 5.97 Å². The van der Waals surface area contributed by atoms with Gasteiger partial charge in [-0.2, -0.15) is 10.2 Å². The fourth-order valence-electron chi connectivity index (χ4n) is 4.95. The number of carboxylic acids is 1. The molecule has 5 aromatic rings. The topological polar surface area (TPSA) is 151 Å². The molecular weight excluding hydrogens is 420 g/mol. The minimum atomic E-state index is -0.722. The molecule has 4 aromatic heterocycles. The van der Waals surface area contributed by atoms with Crippen molar-refractivity contribution in [1.29, 1.82) is 0 Å². The van der Waals surface area contributed by atoms with E-state index in [1.165, 1.54) is 6.33 Å². The fraction of sp³-hybridized carbons (Fsp3) is 0.261. The van der Waals surface area contributed by atoms with E-state index in [1.807, 2.05) is 24.4 Å². The van der Waals surface area contributed by atoms with Crippen molar-refractivity contribution in [2.45, 2.75) is 31.6 Å². The number of aromatic amines is 2. The zero-order chi connectivity index (χ0) is 22.5. The van der Waals surface area contributed by atoms with E-state index in [9.17, 15) is 9.90 Å². The number of nitrogens with two attached hydrogens (primary N) is 1. The average Bonchev–Trinajstić information content (AvgIpc) is 3.57. The predicted molar refractivity (Wildman–Crippen MR) is 122 cm³/mol. The monoisotopic (exact) mass is 442 g/mol. The highest BCUT2D eigenvalue weighted by atomic mass is 16.4. The maximum absolute atomic E-state index is 11.4. The molecule has 0 radical (unpaired) electrons. The SMILES string of the molecule is Nc1ncnn2c1c(-c1cc3cccc(-c4cn[nH]c4)c3[nH]1)nc2[C@H]1CC[C@H](C(=O)O)CC1. The van der Waals surface area contributed by atoms with E-state index >= 15 is 0 Å². The number of rotatable bonds is 4. The number of nitrogen functional groups attached to an aromatic ring is 1. The molecule has 1 aliphatic carbocycles. The number of hydrogen-bond donors (Lipinski definition) is 4. The lowest BCUT2D eigenvalue weighted by atomic mass is 9.82. The Morgan fingerprint density at radius 3 is 2.82 bits per heavy atom. The average molecular weight is 442 g/mol. The molecule has 166 valence electrons. The number of imidazole rings is 1. The van der Waals surface area contributed by atoms with Gasteiger partial charge in [0, 0.05) is 28.6 Å². The highest BCUT2D eigenvalue weighted by molar-refractivity contribution is 5.98. The quantitative estimate of drug-likeness (QED) is 0.332. The summed E-state index contributed by atoms with van der Waals surface area (Å²) in [5.41, 5.74) is 11.5. The van der Waals surface area contributed by atoms with Crippen molar-refractivity contribution in [3.63, 3.8) is 0 Å². The second-order valence-corrected chi connectivity index (χ2v) is 8.55. The number of benzene rings is 1. The summed E-state index contributed by atoms with van der Waals surface area (Å²) in [6, 6.07) is 8.16. The molecule has 1 aliphatic rings. The van der Waals surface area contributed by atoms with Gasteiger partial charge in [0.15, 0.2) is 5.82 Å². The minimum absolute atomic E-state index is 0.113. The number of para-hydroxylation sites is 1. The van der Waals surface area contributed by atoms with Gasteiger partial charge in [0.05, 0.1) is 23.3 Å². The van der Waals surface area contributed by atoms with Crippen LogP contribution < -0.4 is 5.73 Å². The second kappa shape index (κ2) is 7.44. The number of anilines is 1. The van der Waals surface area contributed by atoms with Crippen molar-refractivity contribution in [3.8, 4) is 22.5 Å². The first-order valence-electron chi connectivity index (χ1n) is 10.9. The Bertz CT molecular complexity index is 1480. The van der Waals surface area contributed by atoms with Gasteiger partial charge < -0.3 is 15.8 Å². The molecule has 1 aromatic carbocycles. The highest BCUT2D eigenvalue weighted by Gasteiger charge is 2.31. The lowest BCUT2D eigenvalue weighted by Crippen LogP contribution is -2.21. The van der Waals surface area contributed by atoms with E-state index in [1.54, 1.807) is 10.7 Å². The van der Waals surface area contributed by atoms with Crippen LogP contribution in [-0.4, -0.2) is 45.8 Å².